The molecule has 0 bridgehead atoms. The fraction of sp³-hybridized carbons (Fsp3) is 0.500. The molecular formula is C14H19N3. The second kappa shape index (κ2) is 4.77. The van der Waals surface area contributed by atoms with Crippen molar-refractivity contribution in [1.29, 1.82) is 5.26 Å². The molecular weight excluding hydrogens is 210 g/mol. The van der Waals surface area contributed by atoms with E-state index in [2.05, 4.69) is 42.3 Å². The first-order chi connectivity index (χ1) is 8.10. The number of hydrogen-bond acceptors (Lipinski definition) is 3. The number of nitrogens with one attached hydrogen (secondary N) is 1. The van der Waals surface area contributed by atoms with Crippen LogP contribution in [0.2, 0.25) is 0 Å². The first kappa shape index (κ1) is 11.9. The summed E-state index contributed by atoms with van der Waals surface area (Å²) in [6.45, 7) is 8.46. The minimum absolute atomic E-state index is 0.509. The Kier molecular flexibility index (Phi) is 3.35. The molecule has 0 aliphatic carbocycles. The van der Waals surface area contributed by atoms with Crippen LogP contribution in [0.15, 0.2) is 18.2 Å². The van der Waals surface area contributed by atoms with E-state index in [1.54, 1.807) is 0 Å². The van der Waals surface area contributed by atoms with Crippen LogP contribution < -0.4 is 10.2 Å². The summed E-state index contributed by atoms with van der Waals surface area (Å²) >= 11 is 0. The van der Waals surface area contributed by atoms with Gasteiger partial charge in [-0.05, 0) is 44.5 Å². The Morgan fingerprint density at radius 3 is 2.47 bits per heavy atom. The number of benzene rings is 1. The van der Waals surface area contributed by atoms with Crippen molar-refractivity contribution < 1.29 is 0 Å². The molecule has 0 radical (unpaired) electrons. The second-order valence-electron chi connectivity index (χ2n) is 4.98. The van der Waals surface area contributed by atoms with E-state index in [0.717, 1.165) is 24.2 Å². The molecule has 1 aromatic rings. The maximum absolute atomic E-state index is 8.93. The summed E-state index contributed by atoms with van der Waals surface area (Å²) in [5.41, 5.74) is 3.05. The highest BCUT2D eigenvalue weighted by Crippen LogP contribution is 2.21. The van der Waals surface area contributed by atoms with E-state index in [1.165, 1.54) is 5.69 Å². The topological polar surface area (TPSA) is 39.1 Å². The van der Waals surface area contributed by atoms with Gasteiger partial charge < -0.3 is 10.2 Å². The van der Waals surface area contributed by atoms with Crippen LogP contribution in [0.1, 0.15) is 25.0 Å². The van der Waals surface area contributed by atoms with Crippen LogP contribution >= 0.6 is 0 Å². The maximum Gasteiger partial charge on any atom is 0.0994 e. The quantitative estimate of drug-likeness (QED) is 0.801. The molecule has 1 N–H and O–H groups in total. The summed E-state index contributed by atoms with van der Waals surface area (Å²) in [6.07, 6.45) is 0. The lowest BCUT2D eigenvalue weighted by Gasteiger charge is -2.37. The van der Waals surface area contributed by atoms with Gasteiger partial charge in [0.05, 0.1) is 11.6 Å². The number of nitriles is 1. The van der Waals surface area contributed by atoms with Crippen LogP contribution in [-0.4, -0.2) is 25.2 Å². The minimum Gasteiger partial charge on any atom is -0.368 e. The molecule has 0 saturated carbocycles. The number of aryl methyl sites for hydroxylation is 1. The molecule has 1 aliphatic heterocycles. The van der Waals surface area contributed by atoms with E-state index < -0.39 is 0 Å². The highest BCUT2D eigenvalue weighted by molar-refractivity contribution is 5.54. The monoisotopic (exact) mass is 229 g/mol. The molecule has 1 aliphatic rings. The van der Waals surface area contributed by atoms with Crippen LogP contribution in [0, 0.1) is 18.3 Å². The third kappa shape index (κ3) is 2.59. The number of rotatable bonds is 1. The van der Waals surface area contributed by atoms with E-state index in [4.69, 9.17) is 5.26 Å². The highest BCUT2D eigenvalue weighted by atomic mass is 15.2. The first-order valence-corrected chi connectivity index (χ1v) is 6.12. The zero-order valence-electron chi connectivity index (χ0n) is 10.7. The Morgan fingerprint density at radius 1 is 1.29 bits per heavy atom. The fourth-order valence-electron chi connectivity index (χ4n) is 2.51. The Bertz CT molecular complexity index is 437. The predicted molar refractivity (Wildman–Crippen MR) is 70.2 cm³/mol. The van der Waals surface area contributed by atoms with E-state index in [0.29, 0.717) is 12.1 Å². The van der Waals surface area contributed by atoms with Gasteiger partial charge in [-0.2, -0.15) is 5.26 Å². The standard InChI is InChI=1S/C14H19N3/c1-10-6-14(5-4-13(10)7-15)17-8-11(2)16-12(3)9-17/h4-6,11-12,16H,8-9H2,1-3H3. The van der Waals surface area contributed by atoms with Gasteiger partial charge in [0.2, 0.25) is 0 Å². The summed E-state index contributed by atoms with van der Waals surface area (Å²) in [7, 11) is 0. The Balaban J connectivity index is 2.22. The van der Waals surface area contributed by atoms with Crippen molar-refractivity contribution >= 4 is 5.69 Å². The third-order valence-corrected chi connectivity index (χ3v) is 3.25. The van der Waals surface area contributed by atoms with Crippen molar-refractivity contribution in [2.75, 3.05) is 18.0 Å². The van der Waals surface area contributed by atoms with Gasteiger partial charge in [0.1, 0.15) is 0 Å². The Morgan fingerprint density at radius 2 is 1.94 bits per heavy atom. The van der Waals surface area contributed by atoms with Crippen LogP contribution in [0.25, 0.3) is 0 Å². The van der Waals surface area contributed by atoms with Gasteiger partial charge in [-0.15, -0.1) is 0 Å². The summed E-state index contributed by atoms with van der Waals surface area (Å²) in [4.78, 5) is 2.39. The minimum atomic E-state index is 0.509. The molecule has 0 amide bonds. The van der Waals surface area contributed by atoms with E-state index in [-0.39, 0.29) is 0 Å². The maximum atomic E-state index is 8.93. The number of hydrogen-bond donors (Lipinski definition) is 1. The second-order valence-corrected chi connectivity index (χ2v) is 4.98. The van der Waals surface area contributed by atoms with Gasteiger partial charge in [-0.1, -0.05) is 0 Å². The average Bonchev–Trinajstić information content (AvgIpc) is 2.27. The molecule has 17 heavy (non-hydrogen) atoms. The Labute approximate surface area is 103 Å². The van der Waals surface area contributed by atoms with Crippen LogP contribution in [0.4, 0.5) is 5.69 Å². The summed E-state index contributed by atoms with van der Waals surface area (Å²) in [5, 5.41) is 12.5. The normalized spacial score (nSPS) is 24.5. The lowest BCUT2D eigenvalue weighted by atomic mass is 10.1. The summed E-state index contributed by atoms with van der Waals surface area (Å²) in [5.74, 6) is 0. The number of anilines is 1. The van der Waals surface area contributed by atoms with Gasteiger partial charge in [-0.3, -0.25) is 0 Å². The van der Waals surface area contributed by atoms with E-state index >= 15 is 0 Å². The molecule has 90 valence electrons. The van der Waals surface area contributed by atoms with Crippen LogP contribution in [-0.2, 0) is 0 Å². The number of piperazine rings is 1. The lowest BCUT2D eigenvalue weighted by molar-refractivity contribution is 0.407. The van der Waals surface area contributed by atoms with E-state index in [1.807, 2.05) is 13.0 Å². The van der Waals surface area contributed by atoms with Gasteiger partial charge >= 0.3 is 0 Å². The SMILES string of the molecule is Cc1cc(N2CC(C)NC(C)C2)ccc1C#N. The Hall–Kier alpha value is -1.53. The summed E-state index contributed by atoms with van der Waals surface area (Å²) < 4.78 is 0. The molecule has 1 aromatic carbocycles. The molecule has 1 fully saturated rings. The number of nitrogens with zero attached hydrogens (tertiary/aromatic N) is 2. The molecule has 0 aromatic heterocycles. The zero-order valence-corrected chi connectivity index (χ0v) is 10.7. The molecule has 2 atom stereocenters. The molecule has 2 unspecified atom stereocenters. The zero-order chi connectivity index (χ0) is 12.4. The molecule has 1 heterocycles. The predicted octanol–water partition coefficient (Wildman–Crippen LogP) is 2.05. The third-order valence-electron chi connectivity index (χ3n) is 3.25. The largest absolute Gasteiger partial charge is 0.368 e. The first-order valence-electron chi connectivity index (χ1n) is 6.12. The van der Waals surface area contributed by atoms with Crippen molar-refractivity contribution in [3.8, 4) is 6.07 Å². The lowest BCUT2D eigenvalue weighted by Crippen LogP contribution is -2.54. The smallest absolute Gasteiger partial charge is 0.0994 e. The van der Waals surface area contributed by atoms with Gasteiger partial charge in [0.15, 0.2) is 0 Å². The van der Waals surface area contributed by atoms with Crippen LogP contribution in [0.5, 0.6) is 0 Å². The van der Waals surface area contributed by atoms with Crippen molar-refractivity contribution in [2.45, 2.75) is 32.9 Å². The molecule has 0 spiro atoms. The fourth-order valence-corrected chi connectivity index (χ4v) is 2.51. The van der Waals surface area contributed by atoms with Gasteiger partial charge in [0, 0.05) is 30.9 Å². The van der Waals surface area contributed by atoms with Crippen molar-refractivity contribution in [1.82, 2.24) is 5.32 Å². The highest BCUT2D eigenvalue weighted by Gasteiger charge is 2.21. The van der Waals surface area contributed by atoms with E-state index in [9.17, 15) is 0 Å². The summed E-state index contributed by atoms with van der Waals surface area (Å²) in [6, 6.07) is 9.32. The van der Waals surface area contributed by atoms with Gasteiger partial charge in [-0.25, -0.2) is 0 Å². The molecule has 3 heteroatoms. The van der Waals surface area contributed by atoms with Gasteiger partial charge in [0.25, 0.3) is 0 Å². The molecule has 1 saturated heterocycles. The van der Waals surface area contributed by atoms with Crippen molar-refractivity contribution in [3.63, 3.8) is 0 Å². The van der Waals surface area contributed by atoms with Crippen molar-refractivity contribution in [3.05, 3.63) is 29.3 Å². The molecule has 3 nitrogen and oxygen atoms in total. The van der Waals surface area contributed by atoms with Crippen molar-refractivity contribution in [2.24, 2.45) is 0 Å². The van der Waals surface area contributed by atoms with Crippen LogP contribution in [0.3, 0.4) is 0 Å². The molecule has 2 rings (SSSR count). The average molecular weight is 229 g/mol.